The molecular weight excluding hydrogens is 320 g/mol. The maximum atomic E-state index is 12.1. The molecule has 1 amide bonds. The summed E-state index contributed by atoms with van der Waals surface area (Å²) in [5, 5.41) is 0. The number of anilines is 1. The highest BCUT2D eigenvalue weighted by Crippen LogP contribution is 2.15. The van der Waals surface area contributed by atoms with Crippen molar-refractivity contribution in [2.24, 2.45) is 0 Å². The Balaban J connectivity index is 2.02. The quantitative estimate of drug-likeness (QED) is 0.814. The third kappa shape index (κ3) is 4.95. The van der Waals surface area contributed by atoms with Gasteiger partial charge in [0.1, 0.15) is 0 Å². The molecule has 1 N–H and O–H groups in total. The smallest absolute Gasteiger partial charge is 0.338 e. The molecule has 1 atom stereocenters. The molecule has 0 aromatic heterocycles. The zero-order chi connectivity index (χ0) is 17.0. The molecule has 0 bridgehead atoms. The third-order valence-electron chi connectivity index (χ3n) is 3.45. The van der Waals surface area contributed by atoms with E-state index in [1.54, 1.807) is 4.90 Å². The molecule has 1 saturated heterocycles. The first-order chi connectivity index (χ1) is 10.8. The van der Waals surface area contributed by atoms with E-state index in [1.165, 1.54) is 31.2 Å². The lowest BCUT2D eigenvalue weighted by molar-refractivity contribution is -0.138. The number of hydrogen-bond donors (Lipinski definition) is 1. The number of rotatable bonds is 5. The van der Waals surface area contributed by atoms with E-state index in [-0.39, 0.29) is 17.2 Å². The van der Waals surface area contributed by atoms with Crippen molar-refractivity contribution < 1.29 is 22.7 Å². The van der Waals surface area contributed by atoms with Crippen LogP contribution in [0.2, 0.25) is 0 Å². The largest absolute Gasteiger partial charge is 0.449 e. The van der Waals surface area contributed by atoms with Crippen molar-refractivity contribution in [1.29, 1.82) is 0 Å². The summed E-state index contributed by atoms with van der Waals surface area (Å²) in [5.41, 5.74) is 0.445. The van der Waals surface area contributed by atoms with Gasteiger partial charge in [-0.15, -0.1) is 0 Å². The van der Waals surface area contributed by atoms with Crippen LogP contribution in [0.4, 0.5) is 5.69 Å². The number of nitrogens with one attached hydrogen (secondary N) is 1. The Morgan fingerprint density at radius 3 is 2.52 bits per heavy atom. The van der Waals surface area contributed by atoms with Crippen LogP contribution >= 0.6 is 0 Å². The Hall–Kier alpha value is -2.09. The Labute approximate surface area is 135 Å². The zero-order valence-electron chi connectivity index (χ0n) is 13.1. The lowest BCUT2D eigenvalue weighted by atomic mass is 10.2. The highest BCUT2D eigenvalue weighted by Gasteiger charge is 2.26. The van der Waals surface area contributed by atoms with Gasteiger partial charge in [0.25, 0.3) is 5.91 Å². The number of carbonyl (C=O) groups excluding carboxylic acids is 2. The van der Waals surface area contributed by atoms with Gasteiger partial charge in [-0.2, -0.15) is 0 Å². The third-order valence-corrected chi connectivity index (χ3v) is 4.06. The van der Waals surface area contributed by atoms with Gasteiger partial charge in [-0.3, -0.25) is 9.52 Å². The number of nitrogens with zero attached hydrogens (tertiary/aromatic N) is 1. The second kappa shape index (κ2) is 6.99. The summed E-state index contributed by atoms with van der Waals surface area (Å²) in [4.78, 5) is 25.9. The van der Waals surface area contributed by atoms with E-state index in [0.717, 1.165) is 19.1 Å². The second-order valence-corrected chi connectivity index (χ2v) is 7.28. The van der Waals surface area contributed by atoms with Gasteiger partial charge in [0.15, 0.2) is 6.10 Å². The highest BCUT2D eigenvalue weighted by atomic mass is 32.2. The van der Waals surface area contributed by atoms with Crippen LogP contribution in [0.15, 0.2) is 24.3 Å². The van der Waals surface area contributed by atoms with Gasteiger partial charge in [-0.25, -0.2) is 13.2 Å². The Bertz CT molecular complexity index is 696. The SMILES string of the molecule is CC(OC(=O)c1cccc(NS(C)(=O)=O)c1)C(=O)N1CCCC1. The van der Waals surface area contributed by atoms with E-state index in [9.17, 15) is 18.0 Å². The predicted molar refractivity (Wildman–Crippen MR) is 85.6 cm³/mol. The summed E-state index contributed by atoms with van der Waals surface area (Å²) in [6.07, 6.45) is 2.08. The molecule has 1 unspecified atom stereocenters. The number of hydrogen-bond acceptors (Lipinski definition) is 5. The molecule has 1 fully saturated rings. The predicted octanol–water partition coefficient (Wildman–Crippen LogP) is 1.23. The van der Waals surface area contributed by atoms with Gasteiger partial charge < -0.3 is 9.64 Å². The maximum Gasteiger partial charge on any atom is 0.338 e. The molecule has 1 aliphatic heterocycles. The molecule has 0 aliphatic carbocycles. The number of likely N-dealkylation sites (tertiary alicyclic amines) is 1. The van der Waals surface area contributed by atoms with Gasteiger partial charge in [0.2, 0.25) is 10.0 Å². The van der Waals surface area contributed by atoms with Gasteiger partial charge >= 0.3 is 5.97 Å². The fourth-order valence-corrected chi connectivity index (χ4v) is 2.95. The van der Waals surface area contributed by atoms with Crippen LogP contribution in [0.1, 0.15) is 30.1 Å². The molecule has 2 rings (SSSR count). The Morgan fingerprint density at radius 1 is 1.26 bits per heavy atom. The normalized spacial score (nSPS) is 16.0. The van der Waals surface area contributed by atoms with Crippen LogP contribution < -0.4 is 4.72 Å². The fraction of sp³-hybridized carbons (Fsp3) is 0.467. The first-order valence-corrected chi connectivity index (χ1v) is 9.23. The standard InChI is InChI=1S/C15H20N2O5S/c1-11(14(18)17-8-3-4-9-17)22-15(19)12-6-5-7-13(10-12)16-23(2,20)21/h5-7,10-11,16H,3-4,8-9H2,1-2H3. The van der Waals surface area contributed by atoms with Crippen molar-refractivity contribution in [3.63, 3.8) is 0 Å². The fourth-order valence-electron chi connectivity index (χ4n) is 2.40. The molecule has 1 heterocycles. The van der Waals surface area contributed by atoms with Crippen molar-refractivity contribution >= 4 is 27.6 Å². The van der Waals surface area contributed by atoms with Gasteiger partial charge in [0, 0.05) is 18.8 Å². The number of benzene rings is 1. The van der Waals surface area contributed by atoms with Crippen molar-refractivity contribution in [3.8, 4) is 0 Å². The number of carbonyl (C=O) groups is 2. The topological polar surface area (TPSA) is 92.8 Å². The van der Waals surface area contributed by atoms with E-state index >= 15 is 0 Å². The van der Waals surface area contributed by atoms with Crippen molar-refractivity contribution in [1.82, 2.24) is 4.90 Å². The van der Waals surface area contributed by atoms with Crippen LogP contribution in [0.3, 0.4) is 0 Å². The second-order valence-electron chi connectivity index (χ2n) is 5.53. The average molecular weight is 340 g/mol. The van der Waals surface area contributed by atoms with Crippen molar-refractivity contribution in [2.45, 2.75) is 25.9 Å². The van der Waals surface area contributed by atoms with E-state index in [4.69, 9.17) is 4.74 Å². The molecule has 0 spiro atoms. The van der Waals surface area contributed by atoms with E-state index in [0.29, 0.717) is 13.1 Å². The number of esters is 1. The maximum absolute atomic E-state index is 12.1. The summed E-state index contributed by atoms with van der Waals surface area (Å²) >= 11 is 0. The first kappa shape index (κ1) is 17.3. The van der Waals surface area contributed by atoms with Crippen LogP contribution in [0, 0.1) is 0 Å². The zero-order valence-corrected chi connectivity index (χ0v) is 13.9. The van der Waals surface area contributed by atoms with Gasteiger partial charge in [-0.05, 0) is 38.0 Å². The van der Waals surface area contributed by atoms with Crippen molar-refractivity contribution in [2.75, 3.05) is 24.1 Å². The summed E-state index contributed by atoms with van der Waals surface area (Å²) in [6.45, 7) is 2.92. The molecule has 1 aromatic rings. The highest BCUT2D eigenvalue weighted by molar-refractivity contribution is 7.92. The number of amides is 1. The van der Waals surface area contributed by atoms with Crippen LogP contribution in [-0.2, 0) is 19.6 Å². The molecule has 1 aromatic carbocycles. The Kier molecular flexibility index (Phi) is 5.25. The molecular formula is C15H20N2O5S. The van der Waals surface area contributed by atoms with E-state index < -0.39 is 22.1 Å². The van der Waals surface area contributed by atoms with Gasteiger partial charge in [-0.1, -0.05) is 6.07 Å². The summed E-state index contributed by atoms with van der Waals surface area (Å²) in [6, 6.07) is 5.94. The average Bonchev–Trinajstić information content (AvgIpc) is 2.99. The van der Waals surface area contributed by atoms with E-state index in [1.807, 2.05) is 0 Å². The first-order valence-electron chi connectivity index (χ1n) is 7.34. The molecule has 0 saturated carbocycles. The molecule has 7 nitrogen and oxygen atoms in total. The summed E-state index contributed by atoms with van der Waals surface area (Å²) in [5.74, 6) is -0.872. The molecule has 126 valence electrons. The minimum Gasteiger partial charge on any atom is -0.449 e. The lowest BCUT2D eigenvalue weighted by Gasteiger charge is -2.20. The van der Waals surface area contributed by atoms with Crippen molar-refractivity contribution in [3.05, 3.63) is 29.8 Å². The van der Waals surface area contributed by atoms with Crippen LogP contribution in [0.5, 0.6) is 0 Å². The lowest BCUT2D eigenvalue weighted by Crippen LogP contribution is -2.38. The number of ether oxygens (including phenoxy) is 1. The molecule has 23 heavy (non-hydrogen) atoms. The molecule has 1 aliphatic rings. The minimum atomic E-state index is -3.43. The number of sulfonamides is 1. The minimum absolute atomic E-state index is 0.180. The molecule has 8 heteroatoms. The monoisotopic (exact) mass is 340 g/mol. The molecule has 0 radical (unpaired) electrons. The van der Waals surface area contributed by atoms with Crippen LogP contribution in [0.25, 0.3) is 0 Å². The van der Waals surface area contributed by atoms with E-state index in [2.05, 4.69) is 4.72 Å². The Morgan fingerprint density at radius 2 is 1.91 bits per heavy atom. The summed E-state index contributed by atoms with van der Waals surface area (Å²) < 4.78 is 29.9. The van der Waals surface area contributed by atoms with Crippen LogP contribution in [-0.4, -0.2) is 50.6 Å². The van der Waals surface area contributed by atoms with Gasteiger partial charge in [0.05, 0.1) is 11.8 Å². The summed E-state index contributed by atoms with van der Waals surface area (Å²) in [7, 11) is -3.43.